The summed E-state index contributed by atoms with van der Waals surface area (Å²) in [5.41, 5.74) is 0.911. The highest BCUT2D eigenvalue weighted by Gasteiger charge is 2.04. The fraction of sp³-hybridized carbons (Fsp3) is 0.333. The Morgan fingerprint density at radius 1 is 1.62 bits per heavy atom. The average molecular weight is 197 g/mol. The van der Waals surface area contributed by atoms with Crippen LogP contribution >= 0.6 is 11.6 Å². The van der Waals surface area contributed by atoms with Gasteiger partial charge in [-0.15, -0.1) is 0 Å². The topological polar surface area (TPSA) is 45.9 Å². The minimum atomic E-state index is 0.401. The number of nitriles is 1. The van der Waals surface area contributed by atoms with Gasteiger partial charge in [0.1, 0.15) is 5.15 Å². The fourth-order valence-electron chi connectivity index (χ4n) is 1.00. The summed E-state index contributed by atoms with van der Waals surface area (Å²) in [4.78, 5) is 3.98. The summed E-state index contributed by atoms with van der Waals surface area (Å²) in [5, 5.41) is 8.81. The number of rotatable bonds is 3. The van der Waals surface area contributed by atoms with Gasteiger partial charge < -0.3 is 4.74 Å². The third kappa shape index (κ3) is 2.60. The van der Waals surface area contributed by atoms with E-state index in [1.807, 2.05) is 6.07 Å². The smallest absolute Gasteiger partial charge is 0.217 e. The summed E-state index contributed by atoms with van der Waals surface area (Å²) in [6, 6.07) is 5.58. The van der Waals surface area contributed by atoms with Gasteiger partial charge in [-0.2, -0.15) is 5.26 Å². The van der Waals surface area contributed by atoms with Crippen LogP contribution in [-0.4, -0.2) is 12.1 Å². The zero-order valence-electron chi connectivity index (χ0n) is 7.25. The molecule has 0 saturated carbocycles. The van der Waals surface area contributed by atoms with Crippen LogP contribution in [0.2, 0.25) is 5.15 Å². The molecule has 1 aromatic rings. The van der Waals surface area contributed by atoms with E-state index in [1.54, 1.807) is 6.07 Å². The van der Waals surface area contributed by atoms with E-state index < -0.39 is 0 Å². The fourth-order valence-corrected chi connectivity index (χ4v) is 1.14. The molecule has 0 aliphatic carbocycles. The number of aryl methyl sites for hydroxylation is 1. The Bertz CT molecular complexity index is 333. The summed E-state index contributed by atoms with van der Waals surface area (Å²) >= 11 is 5.67. The van der Waals surface area contributed by atoms with Crippen molar-refractivity contribution in [1.82, 2.24) is 4.98 Å². The quantitative estimate of drug-likeness (QED) is 0.697. The van der Waals surface area contributed by atoms with Crippen LogP contribution in [0.25, 0.3) is 0 Å². The highest BCUT2D eigenvalue weighted by molar-refractivity contribution is 6.29. The van der Waals surface area contributed by atoms with Crippen molar-refractivity contribution in [2.75, 3.05) is 7.11 Å². The first kappa shape index (κ1) is 9.82. The third-order valence-electron chi connectivity index (χ3n) is 1.60. The van der Waals surface area contributed by atoms with Crippen molar-refractivity contribution < 1.29 is 4.74 Å². The standard InChI is InChI=1S/C9H9ClN2O/c1-13-9-7(3-2-6-11)4-5-8(10)12-9/h4-5H,2-3H2,1H3. The van der Waals surface area contributed by atoms with Gasteiger partial charge in [-0.3, -0.25) is 0 Å². The maximum Gasteiger partial charge on any atom is 0.217 e. The Kier molecular flexibility index (Phi) is 3.53. The number of aromatic nitrogens is 1. The summed E-state index contributed by atoms with van der Waals surface area (Å²) in [6.45, 7) is 0. The Hall–Kier alpha value is -1.27. The highest BCUT2D eigenvalue weighted by atomic mass is 35.5. The van der Waals surface area contributed by atoms with Gasteiger partial charge in [-0.1, -0.05) is 17.7 Å². The van der Waals surface area contributed by atoms with Gasteiger partial charge in [0, 0.05) is 12.0 Å². The van der Waals surface area contributed by atoms with Crippen molar-refractivity contribution in [2.45, 2.75) is 12.8 Å². The van der Waals surface area contributed by atoms with Crippen LogP contribution in [0.5, 0.6) is 5.88 Å². The van der Waals surface area contributed by atoms with E-state index in [9.17, 15) is 0 Å². The first-order valence-electron chi connectivity index (χ1n) is 3.84. The molecule has 1 aromatic heterocycles. The lowest BCUT2D eigenvalue weighted by molar-refractivity contribution is 0.392. The van der Waals surface area contributed by atoms with E-state index >= 15 is 0 Å². The average Bonchev–Trinajstić information content (AvgIpc) is 2.16. The molecular weight excluding hydrogens is 188 g/mol. The lowest BCUT2D eigenvalue weighted by Gasteiger charge is -2.04. The van der Waals surface area contributed by atoms with Crippen molar-refractivity contribution in [3.05, 3.63) is 22.8 Å². The molecule has 0 amide bonds. The molecule has 68 valence electrons. The van der Waals surface area contributed by atoms with Crippen molar-refractivity contribution in [2.24, 2.45) is 0 Å². The largest absolute Gasteiger partial charge is 0.481 e. The van der Waals surface area contributed by atoms with E-state index in [-0.39, 0.29) is 0 Å². The van der Waals surface area contributed by atoms with E-state index in [4.69, 9.17) is 21.6 Å². The molecule has 0 bridgehead atoms. The second-order valence-corrected chi connectivity index (χ2v) is 2.85. The van der Waals surface area contributed by atoms with Gasteiger partial charge in [0.15, 0.2) is 0 Å². The van der Waals surface area contributed by atoms with E-state index in [2.05, 4.69) is 11.1 Å². The molecule has 0 unspecified atom stereocenters. The molecule has 0 spiro atoms. The van der Waals surface area contributed by atoms with E-state index in [0.29, 0.717) is 23.9 Å². The monoisotopic (exact) mass is 196 g/mol. The summed E-state index contributed by atoms with van der Waals surface area (Å²) in [5.74, 6) is 0.503. The number of hydrogen-bond donors (Lipinski definition) is 0. The maximum absolute atomic E-state index is 8.41. The number of ether oxygens (including phenoxy) is 1. The number of hydrogen-bond acceptors (Lipinski definition) is 3. The molecule has 1 rings (SSSR count). The number of nitrogens with zero attached hydrogens (tertiary/aromatic N) is 2. The van der Waals surface area contributed by atoms with Crippen molar-refractivity contribution in [1.29, 1.82) is 5.26 Å². The lowest BCUT2D eigenvalue weighted by atomic mass is 10.1. The van der Waals surface area contributed by atoms with Gasteiger partial charge >= 0.3 is 0 Å². The zero-order chi connectivity index (χ0) is 9.68. The normalized spacial score (nSPS) is 9.31. The molecule has 4 heteroatoms. The van der Waals surface area contributed by atoms with Crippen LogP contribution in [-0.2, 0) is 6.42 Å². The number of halogens is 1. The van der Waals surface area contributed by atoms with E-state index in [1.165, 1.54) is 7.11 Å². The van der Waals surface area contributed by atoms with Gasteiger partial charge in [0.05, 0.1) is 13.2 Å². The Morgan fingerprint density at radius 2 is 2.38 bits per heavy atom. The first-order chi connectivity index (χ1) is 6.27. The van der Waals surface area contributed by atoms with Crippen LogP contribution in [0.4, 0.5) is 0 Å². The van der Waals surface area contributed by atoms with Crippen molar-refractivity contribution in [3.8, 4) is 11.9 Å². The van der Waals surface area contributed by atoms with Crippen LogP contribution in [0.15, 0.2) is 12.1 Å². The Morgan fingerprint density at radius 3 is 3.00 bits per heavy atom. The Balaban J connectivity index is 2.87. The summed E-state index contributed by atoms with van der Waals surface area (Å²) in [7, 11) is 1.54. The van der Waals surface area contributed by atoms with E-state index in [0.717, 1.165) is 5.56 Å². The first-order valence-corrected chi connectivity index (χ1v) is 4.22. The van der Waals surface area contributed by atoms with Crippen LogP contribution in [0.1, 0.15) is 12.0 Å². The molecule has 0 radical (unpaired) electrons. The van der Waals surface area contributed by atoms with Crippen LogP contribution in [0, 0.1) is 11.3 Å². The van der Waals surface area contributed by atoms with Crippen molar-refractivity contribution in [3.63, 3.8) is 0 Å². The lowest BCUT2D eigenvalue weighted by Crippen LogP contribution is -1.95. The maximum atomic E-state index is 8.41. The second kappa shape index (κ2) is 4.68. The van der Waals surface area contributed by atoms with Crippen LogP contribution < -0.4 is 4.74 Å². The molecule has 0 atom stereocenters. The van der Waals surface area contributed by atoms with Gasteiger partial charge in [0.25, 0.3) is 0 Å². The van der Waals surface area contributed by atoms with Gasteiger partial charge in [-0.25, -0.2) is 4.98 Å². The minimum Gasteiger partial charge on any atom is -0.481 e. The van der Waals surface area contributed by atoms with Gasteiger partial charge in [0.2, 0.25) is 5.88 Å². The zero-order valence-corrected chi connectivity index (χ0v) is 8.01. The molecule has 0 aromatic carbocycles. The predicted molar refractivity (Wildman–Crippen MR) is 49.7 cm³/mol. The molecule has 0 saturated heterocycles. The molecule has 3 nitrogen and oxygen atoms in total. The third-order valence-corrected chi connectivity index (χ3v) is 1.82. The van der Waals surface area contributed by atoms with Gasteiger partial charge in [-0.05, 0) is 12.5 Å². The molecule has 0 fully saturated rings. The molecule has 0 N–H and O–H groups in total. The molecule has 0 aliphatic heterocycles. The second-order valence-electron chi connectivity index (χ2n) is 2.46. The van der Waals surface area contributed by atoms with Crippen molar-refractivity contribution >= 4 is 11.6 Å². The Labute approximate surface area is 81.9 Å². The summed E-state index contributed by atoms with van der Waals surface area (Å²) in [6.07, 6.45) is 1.10. The molecule has 1 heterocycles. The number of pyridine rings is 1. The highest BCUT2D eigenvalue weighted by Crippen LogP contribution is 2.19. The predicted octanol–water partition coefficient (Wildman–Crippen LogP) is 2.20. The van der Waals surface area contributed by atoms with Crippen LogP contribution in [0.3, 0.4) is 0 Å². The molecule has 13 heavy (non-hydrogen) atoms. The molecule has 0 aliphatic rings. The molecular formula is C9H9ClN2O. The summed E-state index contributed by atoms with van der Waals surface area (Å²) < 4.78 is 5.02. The SMILES string of the molecule is COc1nc(Cl)ccc1CCC#N. The minimum absolute atomic E-state index is 0.401. The number of methoxy groups -OCH3 is 1.